The number of benzene rings is 2. The highest BCUT2D eigenvalue weighted by Crippen LogP contribution is 2.30. The van der Waals surface area contributed by atoms with Gasteiger partial charge in [-0.1, -0.05) is 36.4 Å². The predicted octanol–water partition coefficient (Wildman–Crippen LogP) is 5.43. The zero-order valence-electron chi connectivity index (χ0n) is 21.0. The van der Waals surface area contributed by atoms with Crippen molar-refractivity contribution in [2.24, 2.45) is 14.1 Å². The van der Waals surface area contributed by atoms with E-state index in [0.29, 0.717) is 0 Å². The molecular formula is C30H32N6. The Bertz CT molecular complexity index is 1550. The maximum absolute atomic E-state index is 4.69. The summed E-state index contributed by atoms with van der Waals surface area (Å²) in [5, 5.41) is 12.3. The van der Waals surface area contributed by atoms with E-state index in [2.05, 4.69) is 104 Å². The van der Waals surface area contributed by atoms with Crippen molar-refractivity contribution in [3.05, 3.63) is 84.4 Å². The standard InChI is InChI=1S/C30H32N6/c1-35-27-11-5-3-9-21(27)23-13-17-33-25(29(23)35)19-31-15-7-8-16-32-20-26-30-24(14-18-34-26)22-10-4-6-12-28(22)36(30)2/h3-6,9-14,17-18,31-32H,7-8,15-16,19-20H2,1-2H3. The van der Waals surface area contributed by atoms with E-state index < -0.39 is 0 Å². The van der Waals surface area contributed by atoms with E-state index in [4.69, 9.17) is 0 Å². The molecule has 0 bridgehead atoms. The Morgan fingerprint density at radius 1 is 0.583 bits per heavy atom. The molecule has 6 rings (SSSR count). The molecule has 0 aliphatic heterocycles. The lowest BCUT2D eigenvalue weighted by Gasteiger charge is -2.09. The summed E-state index contributed by atoms with van der Waals surface area (Å²) in [6.45, 7) is 3.51. The van der Waals surface area contributed by atoms with Crippen LogP contribution in [-0.4, -0.2) is 32.2 Å². The van der Waals surface area contributed by atoms with Gasteiger partial charge in [0.15, 0.2) is 0 Å². The highest BCUT2D eigenvalue weighted by Gasteiger charge is 2.13. The van der Waals surface area contributed by atoms with Crippen LogP contribution in [0.3, 0.4) is 0 Å². The van der Waals surface area contributed by atoms with Crippen molar-refractivity contribution in [1.82, 2.24) is 29.7 Å². The Kier molecular flexibility index (Phi) is 6.13. The summed E-state index contributed by atoms with van der Waals surface area (Å²) in [5.74, 6) is 0. The van der Waals surface area contributed by atoms with E-state index in [0.717, 1.165) is 50.4 Å². The van der Waals surface area contributed by atoms with Crippen molar-refractivity contribution in [3.63, 3.8) is 0 Å². The van der Waals surface area contributed by atoms with Crippen molar-refractivity contribution in [1.29, 1.82) is 0 Å². The highest BCUT2D eigenvalue weighted by molar-refractivity contribution is 6.09. The monoisotopic (exact) mass is 476 g/mol. The quantitative estimate of drug-likeness (QED) is 0.273. The molecule has 0 aliphatic carbocycles. The molecular weight excluding hydrogens is 444 g/mol. The summed E-state index contributed by atoms with van der Waals surface area (Å²) in [6.07, 6.45) is 6.09. The van der Waals surface area contributed by atoms with Crippen LogP contribution in [0.1, 0.15) is 24.2 Å². The fourth-order valence-electron chi connectivity index (χ4n) is 5.58. The number of fused-ring (bicyclic) bond motifs is 6. The second-order valence-electron chi connectivity index (χ2n) is 9.52. The molecule has 0 atom stereocenters. The van der Waals surface area contributed by atoms with Gasteiger partial charge in [-0.25, -0.2) is 0 Å². The molecule has 0 amide bonds. The molecule has 2 N–H and O–H groups in total. The second kappa shape index (κ2) is 9.72. The van der Waals surface area contributed by atoms with Crippen molar-refractivity contribution < 1.29 is 0 Å². The third-order valence-electron chi connectivity index (χ3n) is 7.32. The van der Waals surface area contributed by atoms with E-state index in [1.165, 1.54) is 43.6 Å². The maximum atomic E-state index is 4.69. The van der Waals surface area contributed by atoms with Gasteiger partial charge in [0.1, 0.15) is 0 Å². The molecule has 6 aromatic rings. The van der Waals surface area contributed by atoms with Gasteiger partial charge in [-0.3, -0.25) is 9.97 Å². The fraction of sp³-hybridized carbons (Fsp3) is 0.267. The maximum Gasteiger partial charge on any atom is 0.0784 e. The van der Waals surface area contributed by atoms with Gasteiger partial charge in [0.05, 0.1) is 22.4 Å². The van der Waals surface area contributed by atoms with Crippen LogP contribution in [0.4, 0.5) is 0 Å². The molecule has 0 spiro atoms. The van der Waals surface area contributed by atoms with Crippen LogP contribution in [0, 0.1) is 0 Å². The second-order valence-corrected chi connectivity index (χ2v) is 9.52. The van der Waals surface area contributed by atoms with Gasteiger partial charge < -0.3 is 19.8 Å². The van der Waals surface area contributed by atoms with E-state index in [-0.39, 0.29) is 0 Å². The number of hydrogen-bond acceptors (Lipinski definition) is 4. The van der Waals surface area contributed by atoms with Crippen LogP contribution in [0.15, 0.2) is 73.1 Å². The molecule has 182 valence electrons. The number of nitrogens with zero attached hydrogens (tertiary/aromatic N) is 4. The number of hydrogen-bond donors (Lipinski definition) is 2. The molecule has 0 radical (unpaired) electrons. The van der Waals surface area contributed by atoms with E-state index in [1.54, 1.807) is 0 Å². The average Bonchev–Trinajstić information content (AvgIpc) is 3.38. The SMILES string of the molecule is Cn1c2ccccc2c2ccnc(CNCCCCNCc3nccc4c5ccccc5n(C)c34)c21. The van der Waals surface area contributed by atoms with Crippen LogP contribution in [0.5, 0.6) is 0 Å². The van der Waals surface area contributed by atoms with Crippen LogP contribution in [-0.2, 0) is 27.2 Å². The van der Waals surface area contributed by atoms with Crippen molar-refractivity contribution in [2.45, 2.75) is 25.9 Å². The summed E-state index contributed by atoms with van der Waals surface area (Å²) < 4.78 is 4.53. The molecule has 0 fully saturated rings. The molecule has 6 heteroatoms. The molecule has 0 saturated carbocycles. The topological polar surface area (TPSA) is 59.7 Å². The zero-order valence-corrected chi connectivity index (χ0v) is 21.0. The van der Waals surface area contributed by atoms with Crippen molar-refractivity contribution in [2.75, 3.05) is 13.1 Å². The number of para-hydroxylation sites is 2. The zero-order chi connectivity index (χ0) is 24.5. The van der Waals surface area contributed by atoms with E-state index in [9.17, 15) is 0 Å². The van der Waals surface area contributed by atoms with Gasteiger partial charge in [-0.15, -0.1) is 0 Å². The number of unbranched alkanes of at least 4 members (excludes halogenated alkanes) is 1. The summed E-state index contributed by atoms with van der Waals surface area (Å²) >= 11 is 0. The highest BCUT2D eigenvalue weighted by atomic mass is 15.0. The number of aryl methyl sites for hydroxylation is 2. The van der Waals surface area contributed by atoms with Crippen LogP contribution >= 0.6 is 0 Å². The summed E-state index contributed by atoms with van der Waals surface area (Å²) in [6, 6.07) is 21.4. The lowest BCUT2D eigenvalue weighted by atomic mass is 10.1. The third kappa shape index (κ3) is 3.92. The largest absolute Gasteiger partial charge is 0.342 e. The lowest BCUT2D eigenvalue weighted by molar-refractivity contribution is 0.577. The Hall–Kier alpha value is -3.74. The Morgan fingerprint density at radius 3 is 1.50 bits per heavy atom. The minimum absolute atomic E-state index is 0.780. The smallest absolute Gasteiger partial charge is 0.0784 e. The molecule has 4 aromatic heterocycles. The molecule has 6 nitrogen and oxygen atoms in total. The van der Waals surface area contributed by atoms with Gasteiger partial charge in [0.25, 0.3) is 0 Å². The van der Waals surface area contributed by atoms with Gasteiger partial charge in [-0.2, -0.15) is 0 Å². The van der Waals surface area contributed by atoms with Crippen molar-refractivity contribution >= 4 is 43.6 Å². The van der Waals surface area contributed by atoms with Crippen LogP contribution in [0.2, 0.25) is 0 Å². The Balaban J connectivity index is 1.02. The lowest BCUT2D eigenvalue weighted by Crippen LogP contribution is -2.20. The van der Waals surface area contributed by atoms with Crippen LogP contribution in [0.25, 0.3) is 43.6 Å². The van der Waals surface area contributed by atoms with Crippen molar-refractivity contribution in [3.8, 4) is 0 Å². The first-order chi connectivity index (χ1) is 17.7. The van der Waals surface area contributed by atoms with E-state index in [1.807, 2.05) is 12.4 Å². The average molecular weight is 477 g/mol. The van der Waals surface area contributed by atoms with Gasteiger partial charge in [-0.05, 0) is 50.2 Å². The third-order valence-corrected chi connectivity index (χ3v) is 7.32. The van der Waals surface area contributed by atoms with Crippen LogP contribution < -0.4 is 10.6 Å². The molecule has 0 saturated heterocycles. The predicted molar refractivity (Wildman–Crippen MR) is 149 cm³/mol. The normalized spacial score (nSPS) is 11.9. The molecule has 4 heterocycles. The Labute approximate surface area is 211 Å². The number of rotatable bonds is 9. The minimum atomic E-state index is 0.780. The minimum Gasteiger partial charge on any atom is -0.342 e. The number of aromatic nitrogens is 4. The molecule has 0 unspecified atom stereocenters. The number of nitrogens with one attached hydrogen (secondary N) is 2. The first-order valence-electron chi connectivity index (χ1n) is 12.8. The number of pyridine rings is 2. The van der Waals surface area contributed by atoms with Gasteiger partial charge >= 0.3 is 0 Å². The molecule has 36 heavy (non-hydrogen) atoms. The van der Waals surface area contributed by atoms with E-state index >= 15 is 0 Å². The van der Waals surface area contributed by atoms with Gasteiger partial charge in [0.2, 0.25) is 0 Å². The summed E-state index contributed by atoms with van der Waals surface area (Å²) in [4.78, 5) is 9.37. The summed E-state index contributed by atoms with van der Waals surface area (Å²) in [7, 11) is 4.27. The fourth-order valence-corrected chi connectivity index (χ4v) is 5.58. The summed E-state index contributed by atoms with van der Waals surface area (Å²) in [5.41, 5.74) is 7.17. The van der Waals surface area contributed by atoms with Gasteiger partial charge in [0, 0.05) is 72.2 Å². The first kappa shape index (κ1) is 22.7. The molecule has 0 aliphatic rings. The first-order valence-corrected chi connectivity index (χ1v) is 12.8. The Morgan fingerprint density at radius 2 is 1.03 bits per heavy atom. The molecule has 2 aromatic carbocycles.